The molecule has 21 heavy (non-hydrogen) atoms. The molecule has 5 nitrogen and oxygen atoms in total. The fourth-order valence-electron chi connectivity index (χ4n) is 2.07. The zero-order valence-electron chi connectivity index (χ0n) is 13.0. The van der Waals surface area contributed by atoms with Crippen molar-refractivity contribution in [2.45, 2.75) is 46.1 Å². The van der Waals surface area contributed by atoms with Crippen LogP contribution in [0.4, 0.5) is 0 Å². The summed E-state index contributed by atoms with van der Waals surface area (Å²) in [4.78, 5) is 23.2. The maximum atomic E-state index is 12.1. The molecule has 0 aliphatic heterocycles. The number of amides is 2. The third kappa shape index (κ3) is 5.19. The Hall–Kier alpha value is -1.88. The molecule has 5 heteroatoms. The number of hydroxylamine groups is 1. The van der Waals surface area contributed by atoms with E-state index < -0.39 is 11.9 Å². The molecule has 1 aromatic rings. The van der Waals surface area contributed by atoms with Crippen LogP contribution in [0.1, 0.15) is 44.7 Å². The molecule has 0 aliphatic carbocycles. The van der Waals surface area contributed by atoms with Crippen molar-refractivity contribution in [3.8, 4) is 0 Å². The molecule has 0 aromatic heterocycles. The Morgan fingerprint density at radius 3 is 2.10 bits per heavy atom. The lowest BCUT2D eigenvalue weighted by Crippen LogP contribution is -2.45. The van der Waals surface area contributed by atoms with Gasteiger partial charge in [0, 0.05) is 0 Å². The van der Waals surface area contributed by atoms with Crippen LogP contribution in [-0.2, 0) is 16.0 Å². The molecule has 0 fully saturated rings. The predicted molar refractivity (Wildman–Crippen MR) is 80.9 cm³/mol. The first-order chi connectivity index (χ1) is 9.85. The summed E-state index contributed by atoms with van der Waals surface area (Å²) < 4.78 is 0. The summed E-state index contributed by atoms with van der Waals surface area (Å²) in [6.45, 7) is 7.63. The molecule has 2 amide bonds. The van der Waals surface area contributed by atoms with Gasteiger partial charge in [0.15, 0.2) is 0 Å². The van der Waals surface area contributed by atoms with Crippen LogP contribution in [0.15, 0.2) is 24.3 Å². The largest absolute Gasteiger partial charge is 0.344 e. The zero-order valence-corrected chi connectivity index (χ0v) is 13.0. The van der Waals surface area contributed by atoms with Gasteiger partial charge in [-0.05, 0) is 37.3 Å². The molecule has 2 atom stereocenters. The van der Waals surface area contributed by atoms with Crippen molar-refractivity contribution in [1.29, 1.82) is 0 Å². The molecule has 0 radical (unpaired) electrons. The SMILES string of the molecule is CC(C)Cc1ccc([C@@H](C)C(=O)N[C@@H](C)C(=O)NO)cc1. The molecule has 0 bridgehead atoms. The van der Waals surface area contributed by atoms with E-state index in [0.29, 0.717) is 5.92 Å². The summed E-state index contributed by atoms with van der Waals surface area (Å²) >= 11 is 0. The summed E-state index contributed by atoms with van der Waals surface area (Å²) in [5.41, 5.74) is 3.67. The number of hydrogen-bond acceptors (Lipinski definition) is 3. The van der Waals surface area contributed by atoms with Crippen molar-refractivity contribution in [2.75, 3.05) is 0 Å². The van der Waals surface area contributed by atoms with Crippen molar-refractivity contribution in [3.05, 3.63) is 35.4 Å². The van der Waals surface area contributed by atoms with E-state index in [-0.39, 0.29) is 11.8 Å². The quantitative estimate of drug-likeness (QED) is 0.554. The van der Waals surface area contributed by atoms with E-state index in [9.17, 15) is 9.59 Å². The molecule has 0 aliphatic rings. The summed E-state index contributed by atoms with van der Waals surface area (Å²) in [6, 6.07) is 7.17. The molecule has 0 unspecified atom stereocenters. The van der Waals surface area contributed by atoms with Crippen LogP contribution in [-0.4, -0.2) is 23.1 Å². The topological polar surface area (TPSA) is 78.4 Å². The number of rotatable bonds is 6. The normalized spacial score (nSPS) is 13.6. The Bertz CT molecular complexity index is 483. The van der Waals surface area contributed by atoms with Crippen LogP contribution in [0.2, 0.25) is 0 Å². The number of hydrogen-bond donors (Lipinski definition) is 3. The third-order valence-electron chi connectivity index (χ3n) is 3.38. The predicted octanol–water partition coefficient (Wildman–Crippen LogP) is 2.00. The molecule has 1 aromatic carbocycles. The van der Waals surface area contributed by atoms with Crippen LogP contribution < -0.4 is 10.8 Å². The van der Waals surface area contributed by atoms with Crippen LogP contribution in [0.5, 0.6) is 0 Å². The van der Waals surface area contributed by atoms with Crippen molar-refractivity contribution in [2.24, 2.45) is 5.92 Å². The molecule has 0 saturated heterocycles. The first-order valence-electron chi connectivity index (χ1n) is 7.18. The van der Waals surface area contributed by atoms with E-state index in [1.807, 2.05) is 24.3 Å². The van der Waals surface area contributed by atoms with Gasteiger partial charge in [-0.2, -0.15) is 0 Å². The van der Waals surface area contributed by atoms with Gasteiger partial charge in [-0.1, -0.05) is 38.1 Å². The molecule has 116 valence electrons. The monoisotopic (exact) mass is 292 g/mol. The summed E-state index contributed by atoms with van der Waals surface area (Å²) in [5.74, 6) is -0.646. The molecule has 0 heterocycles. The average Bonchev–Trinajstić information content (AvgIpc) is 2.45. The van der Waals surface area contributed by atoms with Gasteiger partial charge in [0.25, 0.3) is 5.91 Å². The van der Waals surface area contributed by atoms with Gasteiger partial charge in [0.1, 0.15) is 6.04 Å². The zero-order chi connectivity index (χ0) is 16.0. The number of nitrogens with one attached hydrogen (secondary N) is 2. The average molecular weight is 292 g/mol. The smallest absolute Gasteiger partial charge is 0.265 e. The Morgan fingerprint density at radius 2 is 1.62 bits per heavy atom. The molecular weight excluding hydrogens is 268 g/mol. The first-order valence-corrected chi connectivity index (χ1v) is 7.18. The number of carbonyl (C=O) groups is 2. The molecule has 0 spiro atoms. The summed E-state index contributed by atoms with van der Waals surface area (Å²) in [7, 11) is 0. The lowest BCUT2D eigenvalue weighted by Gasteiger charge is -2.17. The first kappa shape index (κ1) is 17.2. The Labute approximate surface area is 125 Å². The fourth-order valence-corrected chi connectivity index (χ4v) is 2.07. The summed E-state index contributed by atoms with van der Waals surface area (Å²) in [5, 5.41) is 11.1. The highest BCUT2D eigenvalue weighted by atomic mass is 16.5. The highest BCUT2D eigenvalue weighted by Crippen LogP contribution is 2.17. The van der Waals surface area contributed by atoms with Gasteiger partial charge < -0.3 is 5.32 Å². The van der Waals surface area contributed by atoms with Gasteiger partial charge in [-0.25, -0.2) is 5.48 Å². The van der Waals surface area contributed by atoms with Crippen molar-refractivity contribution >= 4 is 11.8 Å². The second kappa shape index (κ2) is 7.78. The lowest BCUT2D eigenvalue weighted by molar-refractivity contribution is -0.134. The van der Waals surface area contributed by atoms with Gasteiger partial charge in [-0.15, -0.1) is 0 Å². The van der Waals surface area contributed by atoms with Gasteiger partial charge in [0.05, 0.1) is 5.92 Å². The standard InChI is InChI=1S/C16H24N2O3/c1-10(2)9-13-5-7-14(8-6-13)11(3)15(19)17-12(4)16(20)18-21/h5-8,10-12,21H,9H2,1-4H3,(H,17,19)(H,18,20)/t11-,12+/m1/s1. The fraction of sp³-hybridized carbons (Fsp3) is 0.500. The van der Waals surface area contributed by atoms with Crippen molar-refractivity contribution < 1.29 is 14.8 Å². The maximum absolute atomic E-state index is 12.1. The minimum Gasteiger partial charge on any atom is -0.344 e. The Morgan fingerprint density at radius 1 is 1.05 bits per heavy atom. The Balaban J connectivity index is 2.67. The third-order valence-corrected chi connectivity index (χ3v) is 3.38. The van der Waals surface area contributed by atoms with Crippen LogP contribution in [0.3, 0.4) is 0 Å². The second-order valence-electron chi connectivity index (χ2n) is 5.77. The van der Waals surface area contributed by atoms with Crippen molar-refractivity contribution in [1.82, 2.24) is 10.8 Å². The van der Waals surface area contributed by atoms with E-state index in [1.165, 1.54) is 18.0 Å². The van der Waals surface area contributed by atoms with Gasteiger partial charge in [0.2, 0.25) is 5.91 Å². The minimum atomic E-state index is -0.773. The molecule has 0 saturated carbocycles. The van der Waals surface area contributed by atoms with Crippen molar-refractivity contribution in [3.63, 3.8) is 0 Å². The van der Waals surface area contributed by atoms with E-state index in [1.54, 1.807) is 6.92 Å². The van der Waals surface area contributed by atoms with E-state index in [2.05, 4.69) is 19.2 Å². The highest BCUT2D eigenvalue weighted by molar-refractivity contribution is 5.89. The van der Waals surface area contributed by atoms with Crippen LogP contribution in [0.25, 0.3) is 0 Å². The second-order valence-corrected chi connectivity index (χ2v) is 5.77. The van der Waals surface area contributed by atoms with E-state index in [4.69, 9.17) is 5.21 Å². The van der Waals surface area contributed by atoms with Gasteiger partial charge >= 0.3 is 0 Å². The maximum Gasteiger partial charge on any atom is 0.265 e. The van der Waals surface area contributed by atoms with E-state index >= 15 is 0 Å². The Kier molecular flexibility index (Phi) is 6.37. The summed E-state index contributed by atoms with van der Waals surface area (Å²) in [6.07, 6.45) is 1.01. The molecule has 1 rings (SSSR count). The van der Waals surface area contributed by atoms with E-state index in [0.717, 1.165) is 12.0 Å². The lowest BCUT2D eigenvalue weighted by atomic mass is 9.96. The number of benzene rings is 1. The number of carbonyl (C=O) groups excluding carboxylic acids is 2. The van der Waals surface area contributed by atoms with Gasteiger partial charge in [-0.3, -0.25) is 14.8 Å². The molecular formula is C16H24N2O3. The minimum absolute atomic E-state index is 0.247. The van der Waals surface area contributed by atoms with Crippen LogP contribution in [0, 0.1) is 5.92 Å². The van der Waals surface area contributed by atoms with Crippen LogP contribution >= 0.6 is 0 Å². The highest BCUT2D eigenvalue weighted by Gasteiger charge is 2.20. The molecule has 3 N–H and O–H groups in total.